The van der Waals surface area contributed by atoms with Crippen LogP contribution in [0.1, 0.15) is 25.7 Å². The number of carbonyl (C=O) groups excluding carboxylic acids is 1. The van der Waals surface area contributed by atoms with Gasteiger partial charge in [-0.2, -0.15) is 0 Å². The van der Waals surface area contributed by atoms with Gasteiger partial charge in [-0.15, -0.1) is 0 Å². The maximum atomic E-state index is 11.9. The Labute approximate surface area is 131 Å². The Morgan fingerprint density at radius 3 is 2.50 bits per heavy atom. The molecule has 2 amide bonds. The minimum Gasteiger partial charge on any atom is -0.481 e. The predicted octanol–water partition coefficient (Wildman–Crippen LogP) is 3.06. The summed E-state index contributed by atoms with van der Waals surface area (Å²) in [7, 11) is 0. The molecule has 108 valence electrons. The van der Waals surface area contributed by atoms with Gasteiger partial charge in [0, 0.05) is 15.3 Å². The number of carboxylic acid groups (broad SMARTS) is 1. The van der Waals surface area contributed by atoms with Gasteiger partial charge in [-0.3, -0.25) is 4.79 Å². The molecule has 5 nitrogen and oxygen atoms in total. The number of halogens is 1. The molecule has 0 heterocycles. The first-order valence-electron chi connectivity index (χ1n) is 6.60. The fourth-order valence-electron chi connectivity index (χ4n) is 2.40. The second-order valence-corrected chi connectivity index (χ2v) is 6.24. The first kappa shape index (κ1) is 15.1. The molecule has 6 heteroatoms. The summed E-state index contributed by atoms with van der Waals surface area (Å²) in [5, 5.41) is 14.6. The number of aliphatic carboxylic acids is 1. The molecule has 0 bridgehead atoms. The van der Waals surface area contributed by atoms with Gasteiger partial charge in [0.05, 0.1) is 5.92 Å². The van der Waals surface area contributed by atoms with E-state index in [0.29, 0.717) is 12.8 Å². The van der Waals surface area contributed by atoms with Crippen LogP contribution in [0.2, 0.25) is 0 Å². The lowest BCUT2D eigenvalue weighted by atomic mass is 9.86. The molecule has 0 atom stereocenters. The molecule has 1 aliphatic rings. The minimum absolute atomic E-state index is 0.0633. The number of carboxylic acids is 1. The number of carbonyl (C=O) groups is 2. The average molecular weight is 388 g/mol. The van der Waals surface area contributed by atoms with Crippen molar-refractivity contribution in [3.63, 3.8) is 0 Å². The highest BCUT2D eigenvalue weighted by atomic mass is 127. The van der Waals surface area contributed by atoms with Crippen molar-refractivity contribution in [1.82, 2.24) is 5.32 Å². The first-order valence-corrected chi connectivity index (χ1v) is 7.68. The number of hydrogen-bond acceptors (Lipinski definition) is 2. The molecule has 1 fully saturated rings. The fraction of sp³-hybridized carbons (Fsp3) is 0.429. The van der Waals surface area contributed by atoms with Crippen LogP contribution in [-0.4, -0.2) is 23.1 Å². The summed E-state index contributed by atoms with van der Waals surface area (Å²) in [6, 6.07) is 7.40. The van der Waals surface area contributed by atoms with E-state index in [9.17, 15) is 9.59 Å². The van der Waals surface area contributed by atoms with Gasteiger partial charge in [0.25, 0.3) is 0 Å². The molecular weight excluding hydrogens is 371 g/mol. The monoisotopic (exact) mass is 388 g/mol. The van der Waals surface area contributed by atoms with Crippen LogP contribution in [0.25, 0.3) is 0 Å². The molecule has 0 radical (unpaired) electrons. The number of anilines is 1. The Balaban J connectivity index is 1.80. The van der Waals surface area contributed by atoms with Crippen LogP contribution in [0.4, 0.5) is 10.5 Å². The summed E-state index contributed by atoms with van der Waals surface area (Å²) < 4.78 is 1.06. The Morgan fingerprint density at radius 1 is 1.20 bits per heavy atom. The van der Waals surface area contributed by atoms with Crippen LogP contribution in [0.5, 0.6) is 0 Å². The van der Waals surface area contributed by atoms with Gasteiger partial charge < -0.3 is 15.7 Å². The number of amides is 2. The zero-order valence-corrected chi connectivity index (χ0v) is 13.1. The van der Waals surface area contributed by atoms with Crippen LogP contribution in [0.3, 0.4) is 0 Å². The van der Waals surface area contributed by atoms with Gasteiger partial charge >= 0.3 is 12.0 Å². The quantitative estimate of drug-likeness (QED) is 0.697. The van der Waals surface area contributed by atoms with Crippen molar-refractivity contribution in [1.29, 1.82) is 0 Å². The molecule has 0 unspecified atom stereocenters. The third kappa shape index (κ3) is 4.36. The van der Waals surface area contributed by atoms with Gasteiger partial charge in [-0.05, 0) is 66.5 Å². The topological polar surface area (TPSA) is 78.4 Å². The number of rotatable bonds is 3. The third-order valence-corrected chi connectivity index (χ3v) is 4.17. The molecule has 0 spiro atoms. The summed E-state index contributed by atoms with van der Waals surface area (Å²) >= 11 is 2.19. The highest BCUT2D eigenvalue weighted by molar-refractivity contribution is 14.1. The van der Waals surface area contributed by atoms with E-state index in [1.807, 2.05) is 24.3 Å². The summed E-state index contributed by atoms with van der Waals surface area (Å²) in [6.07, 6.45) is 2.69. The van der Waals surface area contributed by atoms with E-state index in [1.54, 1.807) is 0 Å². The second-order valence-electron chi connectivity index (χ2n) is 5.00. The highest BCUT2D eigenvalue weighted by Gasteiger charge is 2.26. The molecule has 1 aliphatic carbocycles. The maximum Gasteiger partial charge on any atom is 0.319 e. The molecule has 0 saturated heterocycles. The van der Waals surface area contributed by atoms with Gasteiger partial charge in [0.1, 0.15) is 0 Å². The lowest BCUT2D eigenvalue weighted by Gasteiger charge is -2.26. The summed E-state index contributed by atoms with van der Waals surface area (Å²) in [6.45, 7) is 0. The minimum atomic E-state index is -0.730. The van der Waals surface area contributed by atoms with Gasteiger partial charge in [-0.1, -0.05) is 6.07 Å². The zero-order valence-electron chi connectivity index (χ0n) is 10.9. The number of benzene rings is 1. The zero-order chi connectivity index (χ0) is 14.5. The molecule has 1 aromatic carbocycles. The lowest BCUT2D eigenvalue weighted by molar-refractivity contribution is -0.142. The van der Waals surface area contributed by atoms with Crippen LogP contribution >= 0.6 is 22.6 Å². The lowest BCUT2D eigenvalue weighted by Crippen LogP contribution is -2.40. The van der Waals surface area contributed by atoms with E-state index in [0.717, 1.165) is 22.1 Å². The summed E-state index contributed by atoms with van der Waals surface area (Å²) in [4.78, 5) is 22.7. The van der Waals surface area contributed by atoms with Crippen molar-refractivity contribution < 1.29 is 14.7 Å². The normalized spacial score (nSPS) is 22.1. The first-order chi connectivity index (χ1) is 9.54. The summed E-state index contributed by atoms with van der Waals surface area (Å²) in [5.41, 5.74) is 0.758. The van der Waals surface area contributed by atoms with Crippen LogP contribution < -0.4 is 10.6 Å². The maximum absolute atomic E-state index is 11.9. The van der Waals surface area contributed by atoms with Crippen molar-refractivity contribution >= 4 is 40.3 Å². The van der Waals surface area contributed by atoms with E-state index in [1.165, 1.54) is 0 Å². The molecule has 1 aromatic rings. The predicted molar refractivity (Wildman–Crippen MR) is 84.7 cm³/mol. The number of urea groups is 1. The van der Waals surface area contributed by atoms with Crippen molar-refractivity contribution in [3.8, 4) is 0 Å². The standard InChI is InChI=1S/C14H17IN2O3/c15-10-2-1-3-12(8-10)17-14(20)16-11-6-4-9(5-7-11)13(18)19/h1-3,8-9,11H,4-7H2,(H,18,19)(H2,16,17,20). The molecule has 0 aromatic heterocycles. The van der Waals surface area contributed by atoms with Crippen LogP contribution in [0, 0.1) is 9.49 Å². The molecule has 0 aliphatic heterocycles. The molecule has 20 heavy (non-hydrogen) atoms. The average Bonchev–Trinajstić information content (AvgIpc) is 2.39. The Bertz CT molecular complexity index is 499. The number of hydrogen-bond donors (Lipinski definition) is 3. The van der Waals surface area contributed by atoms with E-state index in [4.69, 9.17) is 5.11 Å². The van der Waals surface area contributed by atoms with E-state index >= 15 is 0 Å². The largest absolute Gasteiger partial charge is 0.481 e. The Hall–Kier alpha value is -1.31. The Morgan fingerprint density at radius 2 is 1.90 bits per heavy atom. The van der Waals surface area contributed by atoms with Crippen molar-refractivity contribution in [2.24, 2.45) is 5.92 Å². The van der Waals surface area contributed by atoms with Crippen molar-refractivity contribution in [3.05, 3.63) is 27.8 Å². The molecule has 1 saturated carbocycles. The highest BCUT2D eigenvalue weighted by Crippen LogP contribution is 2.24. The second kappa shape index (κ2) is 6.92. The van der Waals surface area contributed by atoms with Crippen molar-refractivity contribution in [2.45, 2.75) is 31.7 Å². The van der Waals surface area contributed by atoms with Gasteiger partial charge in [-0.25, -0.2) is 4.79 Å². The molecule has 2 rings (SSSR count). The third-order valence-electron chi connectivity index (χ3n) is 3.49. The van der Waals surface area contributed by atoms with E-state index in [2.05, 4.69) is 33.2 Å². The van der Waals surface area contributed by atoms with Crippen LogP contribution in [0.15, 0.2) is 24.3 Å². The molecular formula is C14H17IN2O3. The van der Waals surface area contributed by atoms with Gasteiger partial charge in [0.2, 0.25) is 0 Å². The van der Waals surface area contributed by atoms with E-state index in [-0.39, 0.29) is 18.0 Å². The summed E-state index contributed by atoms with van der Waals surface area (Å²) in [5.74, 6) is -0.987. The van der Waals surface area contributed by atoms with E-state index < -0.39 is 5.97 Å². The SMILES string of the molecule is O=C(Nc1cccc(I)c1)NC1CCC(C(=O)O)CC1. The number of nitrogens with one attached hydrogen (secondary N) is 2. The van der Waals surface area contributed by atoms with Crippen molar-refractivity contribution in [2.75, 3.05) is 5.32 Å². The fourth-order valence-corrected chi connectivity index (χ4v) is 2.95. The smallest absolute Gasteiger partial charge is 0.319 e. The van der Waals surface area contributed by atoms with Gasteiger partial charge in [0.15, 0.2) is 0 Å². The van der Waals surface area contributed by atoms with Crippen LogP contribution in [-0.2, 0) is 4.79 Å². The molecule has 3 N–H and O–H groups in total. The Kier molecular flexibility index (Phi) is 5.22.